The van der Waals surface area contributed by atoms with Crippen molar-refractivity contribution in [2.75, 3.05) is 0 Å². The van der Waals surface area contributed by atoms with E-state index in [-0.39, 0.29) is 11.8 Å². The molecular formula is C23H26FN3O2. The minimum Gasteiger partial charge on any atom is -0.439 e. The standard InChI is InChI=1S/C23H26FN3O2/c24-19-2-4-20(5-3-19)29-21-6-1-14(12-25-21)13-26-23(28)27-22-17-8-15-7-16(10-17)11-18(22)9-15/h1-6,12,15-18,22H,7-11,13H2,(H2,26,27,28). The molecule has 6 heteroatoms. The topological polar surface area (TPSA) is 63.2 Å². The Kier molecular flexibility index (Phi) is 4.86. The smallest absolute Gasteiger partial charge is 0.315 e. The first-order valence-electron chi connectivity index (χ1n) is 10.5. The fraction of sp³-hybridized carbons (Fsp3) is 0.478. The van der Waals surface area contributed by atoms with E-state index in [1.54, 1.807) is 24.4 Å². The van der Waals surface area contributed by atoms with E-state index in [1.807, 2.05) is 6.07 Å². The Labute approximate surface area is 170 Å². The Morgan fingerprint density at radius 1 is 1.00 bits per heavy atom. The molecule has 0 saturated heterocycles. The zero-order valence-corrected chi connectivity index (χ0v) is 16.3. The average Bonchev–Trinajstić information content (AvgIpc) is 2.71. The van der Waals surface area contributed by atoms with Crippen molar-refractivity contribution in [2.45, 2.75) is 44.7 Å². The molecule has 0 unspecified atom stereocenters. The van der Waals surface area contributed by atoms with Gasteiger partial charge in [0.25, 0.3) is 0 Å². The highest BCUT2D eigenvalue weighted by molar-refractivity contribution is 5.74. The summed E-state index contributed by atoms with van der Waals surface area (Å²) in [7, 11) is 0. The number of halogens is 1. The second-order valence-corrected chi connectivity index (χ2v) is 8.84. The second-order valence-electron chi connectivity index (χ2n) is 8.84. The first kappa shape index (κ1) is 18.4. The number of ether oxygens (including phenoxy) is 1. The van der Waals surface area contributed by atoms with Crippen molar-refractivity contribution < 1.29 is 13.9 Å². The molecule has 1 heterocycles. The number of urea groups is 1. The fourth-order valence-corrected chi connectivity index (χ4v) is 5.74. The number of nitrogens with zero attached hydrogens (tertiary/aromatic N) is 1. The molecule has 5 nitrogen and oxygen atoms in total. The van der Waals surface area contributed by atoms with Crippen molar-refractivity contribution in [3.8, 4) is 11.6 Å². The number of hydrogen-bond acceptors (Lipinski definition) is 3. The lowest BCUT2D eigenvalue weighted by Gasteiger charge is -2.54. The molecule has 152 valence electrons. The molecule has 1 aromatic heterocycles. The summed E-state index contributed by atoms with van der Waals surface area (Å²) in [5.74, 6) is 3.79. The molecule has 2 N–H and O–H groups in total. The van der Waals surface area contributed by atoms with Crippen LogP contribution in [-0.4, -0.2) is 17.1 Å². The molecular weight excluding hydrogens is 369 g/mol. The molecule has 4 fully saturated rings. The van der Waals surface area contributed by atoms with Gasteiger partial charge >= 0.3 is 6.03 Å². The van der Waals surface area contributed by atoms with Crippen LogP contribution in [-0.2, 0) is 6.54 Å². The summed E-state index contributed by atoms with van der Waals surface area (Å²) < 4.78 is 18.5. The van der Waals surface area contributed by atoms with Crippen LogP contribution in [0.1, 0.15) is 37.7 Å². The number of benzene rings is 1. The Bertz CT molecular complexity index is 841. The van der Waals surface area contributed by atoms with Crippen molar-refractivity contribution in [1.82, 2.24) is 15.6 Å². The molecule has 4 aliphatic rings. The molecule has 4 saturated carbocycles. The van der Waals surface area contributed by atoms with Crippen LogP contribution in [0.5, 0.6) is 11.6 Å². The Morgan fingerprint density at radius 2 is 1.69 bits per heavy atom. The lowest BCUT2D eigenvalue weighted by molar-refractivity contribution is -0.00942. The maximum atomic E-state index is 13.0. The summed E-state index contributed by atoms with van der Waals surface area (Å²) in [6.07, 6.45) is 8.26. The number of pyridine rings is 1. The zero-order valence-electron chi connectivity index (χ0n) is 16.3. The molecule has 29 heavy (non-hydrogen) atoms. The summed E-state index contributed by atoms with van der Waals surface area (Å²) in [5.41, 5.74) is 0.900. The van der Waals surface area contributed by atoms with Crippen LogP contribution < -0.4 is 15.4 Å². The maximum absolute atomic E-state index is 13.0. The lowest BCUT2D eigenvalue weighted by Crippen LogP contribution is -2.57. The molecule has 0 spiro atoms. The van der Waals surface area contributed by atoms with E-state index in [4.69, 9.17) is 4.74 Å². The van der Waals surface area contributed by atoms with Gasteiger partial charge in [0.1, 0.15) is 11.6 Å². The minimum atomic E-state index is -0.307. The SMILES string of the molecule is O=C(NCc1ccc(Oc2ccc(F)cc2)nc1)NC1C2CC3CC(C2)CC1C3. The summed E-state index contributed by atoms with van der Waals surface area (Å²) in [6, 6.07) is 9.67. The van der Waals surface area contributed by atoms with E-state index in [0.717, 1.165) is 17.4 Å². The molecule has 0 atom stereocenters. The van der Waals surface area contributed by atoms with Gasteiger partial charge < -0.3 is 15.4 Å². The molecule has 4 bridgehead atoms. The Morgan fingerprint density at radius 3 is 2.31 bits per heavy atom. The number of nitrogens with one attached hydrogen (secondary N) is 2. The molecule has 0 radical (unpaired) electrons. The van der Waals surface area contributed by atoms with Crippen molar-refractivity contribution in [2.24, 2.45) is 23.7 Å². The van der Waals surface area contributed by atoms with Gasteiger partial charge in [-0.2, -0.15) is 0 Å². The molecule has 0 aliphatic heterocycles. The van der Waals surface area contributed by atoms with Gasteiger partial charge in [-0.25, -0.2) is 14.2 Å². The second kappa shape index (κ2) is 7.65. The van der Waals surface area contributed by atoms with Gasteiger partial charge in [-0.15, -0.1) is 0 Å². The fourth-order valence-electron chi connectivity index (χ4n) is 5.74. The third-order valence-corrected chi connectivity index (χ3v) is 6.81. The summed E-state index contributed by atoms with van der Waals surface area (Å²) in [5, 5.41) is 6.22. The minimum absolute atomic E-state index is 0.0888. The molecule has 6 rings (SSSR count). The highest BCUT2D eigenvalue weighted by Gasteiger charge is 2.48. The average molecular weight is 395 g/mol. The third kappa shape index (κ3) is 4.07. The summed E-state index contributed by atoms with van der Waals surface area (Å²) in [4.78, 5) is 16.7. The van der Waals surface area contributed by atoms with Gasteiger partial charge in [0.2, 0.25) is 5.88 Å². The molecule has 1 aromatic carbocycles. The van der Waals surface area contributed by atoms with Crippen LogP contribution in [0.15, 0.2) is 42.6 Å². The van der Waals surface area contributed by atoms with Gasteiger partial charge in [-0.3, -0.25) is 0 Å². The molecule has 2 aromatic rings. The normalized spacial score (nSPS) is 29.5. The van der Waals surface area contributed by atoms with Crippen molar-refractivity contribution >= 4 is 6.03 Å². The third-order valence-electron chi connectivity index (χ3n) is 6.81. The van der Waals surface area contributed by atoms with E-state index in [2.05, 4.69) is 15.6 Å². The monoisotopic (exact) mass is 395 g/mol. The Balaban J connectivity index is 1.11. The number of aromatic nitrogens is 1. The van der Waals surface area contributed by atoms with Gasteiger partial charge in [0, 0.05) is 24.8 Å². The molecule has 4 aliphatic carbocycles. The van der Waals surface area contributed by atoms with Crippen molar-refractivity contribution in [3.05, 3.63) is 54.0 Å². The summed E-state index contributed by atoms with van der Waals surface area (Å²) >= 11 is 0. The highest BCUT2D eigenvalue weighted by Crippen LogP contribution is 2.53. The quantitative estimate of drug-likeness (QED) is 0.775. The number of rotatable bonds is 5. The van der Waals surface area contributed by atoms with Gasteiger partial charge in [0.05, 0.1) is 0 Å². The van der Waals surface area contributed by atoms with Gasteiger partial charge in [0.15, 0.2) is 0 Å². The largest absolute Gasteiger partial charge is 0.439 e. The predicted molar refractivity (Wildman–Crippen MR) is 107 cm³/mol. The van der Waals surface area contributed by atoms with Crippen LogP contribution in [0.4, 0.5) is 9.18 Å². The van der Waals surface area contributed by atoms with Gasteiger partial charge in [-0.1, -0.05) is 6.07 Å². The number of amides is 2. The van der Waals surface area contributed by atoms with Crippen LogP contribution >= 0.6 is 0 Å². The van der Waals surface area contributed by atoms with E-state index < -0.39 is 0 Å². The van der Waals surface area contributed by atoms with Crippen molar-refractivity contribution in [1.29, 1.82) is 0 Å². The first-order chi connectivity index (χ1) is 14.1. The van der Waals surface area contributed by atoms with Crippen LogP contribution in [0.2, 0.25) is 0 Å². The van der Waals surface area contributed by atoms with E-state index >= 15 is 0 Å². The zero-order chi connectivity index (χ0) is 19.8. The number of hydrogen-bond donors (Lipinski definition) is 2. The number of carbonyl (C=O) groups is 1. The highest BCUT2D eigenvalue weighted by atomic mass is 19.1. The Hall–Kier alpha value is -2.63. The van der Waals surface area contributed by atoms with Crippen LogP contribution in [0.3, 0.4) is 0 Å². The van der Waals surface area contributed by atoms with Crippen molar-refractivity contribution in [3.63, 3.8) is 0 Å². The van der Waals surface area contributed by atoms with E-state index in [1.165, 1.54) is 44.2 Å². The predicted octanol–water partition coefficient (Wildman–Crippen LogP) is 4.64. The van der Waals surface area contributed by atoms with Crippen LogP contribution in [0, 0.1) is 29.5 Å². The summed E-state index contributed by atoms with van der Waals surface area (Å²) in [6.45, 7) is 0.420. The van der Waals surface area contributed by atoms with E-state index in [0.29, 0.717) is 36.1 Å². The first-order valence-corrected chi connectivity index (χ1v) is 10.5. The van der Waals surface area contributed by atoms with Crippen LogP contribution in [0.25, 0.3) is 0 Å². The maximum Gasteiger partial charge on any atom is 0.315 e. The number of carbonyl (C=O) groups excluding carboxylic acids is 1. The molecule has 2 amide bonds. The lowest BCUT2D eigenvalue weighted by atomic mass is 9.54. The van der Waals surface area contributed by atoms with Gasteiger partial charge in [-0.05, 0) is 85.6 Å². The van der Waals surface area contributed by atoms with E-state index in [9.17, 15) is 9.18 Å².